The van der Waals surface area contributed by atoms with E-state index < -0.39 is 6.10 Å². The molecule has 1 N–H and O–H groups in total. The minimum Gasteiger partial charge on any atom is -0.384 e. The van der Waals surface area contributed by atoms with E-state index in [9.17, 15) is 5.11 Å². The zero-order valence-electron chi connectivity index (χ0n) is 10.00. The highest BCUT2D eigenvalue weighted by Crippen LogP contribution is 2.31. The molecule has 0 saturated heterocycles. The molecule has 2 heterocycles. The molecule has 0 spiro atoms. The van der Waals surface area contributed by atoms with Gasteiger partial charge in [-0.3, -0.25) is 4.98 Å². The molecule has 18 heavy (non-hydrogen) atoms. The van der Waals surface area contributed by atoms with E-state index in [0.29, 0.717) is 0 Å². The first-order valence-corrected chi connectivity index (χ1v) is 6.75. The van der Waals surface area contributed by atoms with Crippen LogP contribution in [0.2, 0.25) is 0 Å². The van der Waals surface area contributed by atoms with Crippen molar-refractivity contribution in [1.82, 2.24) is 4.98 Å². The van der Waals surface area contributed by atoms with Crippen LogP contribution in [0.5, 0.6) is 0 Å². The second-order valence-corrected chi connectivity index (χ2v) is 5.11. The van der Waals surface area contributed by atoms with Gasteiger partial charge in [0, 0.05) is 23.3 Å². The Kier molecular flexibility index (Phi) is 2.86. The fraction of sp³-hybridized carbons (Fsp3) is 0.133. The molecule has 1 unspecified atom stereocenters. The lowest BCUT2D eigenvalue weighted by atomic mass is 9.98. The van der Waals surface area contributed by atoms with Crippen LogP contribution in [-0.4, -0.2) is 10.1 Å². The Morgan fingerprint density at radius 2 is 1.94 bits per heavy atom. The fourth-order valence-corrected chi connectivity index (χ4v) is 3.05. The number of aryl methyl sites for hydroxylation is 1. The third kappa shape index (κ3) is 1.82. The summed E-state index contributed by atoms with van der Waals surface area (Å²) >= 11 is 1.61. The van der Waals surface area contributed by atoms with Gasteiger partial charge in [0.15, 0.2) is 0 Å². The third-order valence-corrected chi connectivity index (χ3v) is 4.06. The molecule has 0 fully saturated rings. The molecule has 0 aliphatic rings. The average Bonchev–Trinajstić information content (AvgIpc) is 2.83. The van der Waals surface area contributed by atoms with Gasteiger partial charge < -0.3 is 5.11 Å². The Morgan fingerprint density at radius 3 is 2.72 bits per heavy atom. The van der Waals surface area contributed by atoms with E-state index in [1.165, 1.54) is 0 Å². The summed E-state index contributed by atoms with van der Waals surface area (Å²) in [7, 11) is 0. The van der Waals surface area contributed by atoms with E-state index in [1.54, 1.807) is 17.5 Å². The Labute approximate surface area is 110 Å². The summed E-state index contributed by atoms with van der Waals surface area (Å²) in [4.78, 5) is 4.22. The predicted molar refractivity (Wildman–Crippen MR) is 74.9 cm³/mol. The first-order chi connectivity index (χ1) is 8.77. The Balaban J connectivity index is 2.18. The molecule has 3 aromatic rings. The molecular weight excluding hydrogens is 242 g/mol. The van der Waals surface area contributed by atoms with Crippen LogP contribution in [0.25, 0.3) is 10.8 Å². The van der Waals surface area contributed by atoms with Crippen LogP contribution < -0.4 is 0 Å². The first kappa shape index (κ1) is 11.4. The van der Waals surface area contributed by atoms with E-state index in [-0.39, 0.29) is 0 Å². The molecule has 0 aliphatic heterocycles. The molecule has 0 saturated carbocycles. The summed E-state index contributed by atoms with van der Waals surface area (Å²) in [6.07, 6.45) is 2.98. The molecular formula is C15H13NOS. The monoisotopic (exact) mass is 255 g/mol. The Bertz CT molecular complexity index is 684. The van der Waals surface area contributed by atoms with Gasteiger partial charge >= 0.3 is 0 Å². The maximum atomic E-state index is 10.5. The van der Waals surface area contributed by atoms with Gasteiger partial charge in [0.1, 0.15) is 6.10 Å². The summed E-state index contributed by atoms with van der Waals surface area (Å²) in [5.74, 6) is 0. The van der Waals surface area contributed by atoms with Crippen LogP contribution in [0.3, 0.4) is 0 Å². The second kappa shape index (κ2) is 4.52. The number of hydrogen-bond donors (Lipinski definition) is 1. The van der Waals surface area contributed by atoms with Gasteiger partial charge in [-0.2, -0.15) is 11.3 Å². The number of fused-ring (bicyclic) bond motifs is 1. The number of aliphatic hydroxyl groups is 1. The van der Waals surface area contributed by atoms with E-state index in [1.807, 2.05) is 42.8 Å². The first-order valence-electron chi connectivity index (χ1n) is 5.81. The van der Waals surface area contributed by atoms with Gasteiger partial charge in [0.25, 0.3) is 0 Å². The average molecular weight is 255 g/mol. The molecule has 0 aliphatic carbocycles. The van der Waals surface area contributed by atoms with Crippen molar-refractivity contribution in [1.29, 1.82) is 0 Å². The molecule has 0 radical (unpaired) electrons. The molecule has 2 aromatic heterocycles. The molecule has 0 amide bonds. The largest absolute Gasteiger partial charge is 0.384 e. The van der Waals surface area contributed by atoms with Crippen molar-refractivity contribution in [3.05, 3.63) is 64.1 Å². The molecule has 0 bridgehead atoms. The fourth-order valence-electron chi connectivity index (χ4n) is 2.18. The van der Waals surface area contributed by atoms with E-state index in [2.05, 4.69) is 10.4 Å². The number of thiophene rings is 1. The van der Waals surface area contributed by atoms with Gasteiger partial charge in [-0.25, -0.2) is 0 Å². The minimum atomic E-state index is -0.602. The van der Waals surface area contributed by atoms with Crippen molar-refractivity contribution in [3.8, 4) is 0 Å². The zero-order valence-corrected chi connectivity index (χ0v) is 10.8. The minimum absolute atomic E-state index is 0.602. The number of benzene rings is 1. The molecule has 90 valence electrons. The lowest BCUT2D eigenvalue weighted by Crippen LogP contribution is -2.01. The summed E-state index contributed by atoms with van der Waals surface area (Å²) < 4.78 is 0. The second-order valence-electron chi connectivity index (χ2n) is 4.36. The van der Waals surface area contributed by atoms with Gasteiger partial charge in [-0.05, 0) is 34.2 Å². The van der Waals surface area contributed by atoms with Crippen LogP contribution in [0, 0.1) is 6.92 Å². The summed E-state index contributed by atoms with van der Waals surface area (Å²) in [5, 5.41) is 16.7. The number of aliphatic hydroxyl groups excluding tert-OH is 1. The number of rotatable bonds is 2. The standard InChI is InChI=1S/C15H13NOS/c1-10-8-18-9-14(10)15(17)13-7-16-6-11-4-2-3-5-12(11)13/h2-9,15,17H,1H3. The quantitative estimate of drug-likeness (QED) is 0.757. The van der Waals surface area contributed by atoms with Crippen molar-refractivity contribution >= 4 is 22.1 Å². The summed E-state index contributed by atoms with van der Waals surface area (Å²) in [5.41, 5.74) is 2.97. The predicted octanol–water partition coefficient (Wildman–Crippen LogP) is 3.69. The highest BCUT2D eigenvalue weighted by Gasteiger charge is 2.16. The highest BCUT2D eigenvalue weighted by molar-refractivity contribution is 7.08. The van der Waals surface area contributed by atoms with Crippen molar-refractivity contribution in [2.24, 2.45) is 0 Å². The van der Waals surface area contributed by atoms with Gasteiger partial charge in [0.2, 0.25) is 0 Å². The number of aromatic nitrogens is 1. The van der Waals surface area contributed by atoms with E-state index in [4.69, 9.17) is 0 Å². The van der Waals surface area contributed by atoms with Crippen LogP contribution >= 0.6 is 11.3 Å². The van der Waals surface area contributed by atoms with Crippen molar-refractivity contribution in [3.63, 3.8) is 0 Å². The Hall–Kier alpha value is -1.71. The molecule has 1 atom stereocenters. The highest BCUT2D eigenvalue weighted by atomic mass is 32.1. The summed E-state index contributed by atoms with van der Waals surface area (Å²) in [6, 6.07) is 8.01. The van der Waals surface area contributed by atoms with Crippen LogP contribution in [-0.2, 0) is 0 Å². The van der Waals surface area contributed by atoms with Crippen LogP contribution in [0.15, 0.2) is 47.4 Å². The molecule has 2 nitrogen and oxygen atoms in total. The molecule has 3 rings (SSSR count). The number of pyridine rings is 1. The summed E-state index contributed by atoms with van der Waals surface area (Å²) in [6.45, 7) is 2.02. The lowest BCUT2D eigenvalue weighted by Gasteiger charge is -2.13. The van der Waals surface area contributed by atoms with Gasteiger partial charge in [0.05, 0.1) is 0 Å². The van der Waals surface area contributed by atoms with Gasteiger partial charge in [-0.15, -0.1) is 0 Å². The maximum absolute atomic E-state index is 10.5. The van der Waals surface area contributed by atoms with Crippen LogP contribution in [0.4, 0.5) is 0 Å². The zero-order chi connectivity index (χ0) is 12.5. The number of hydrogen-bond acceptors (Lipinski definition) is 3. The van der Waals surface area contributed by atoms with E-state index >= 15 is 0 Å². The SMILES string of the molecule is Cc1cscc1C(O)c1cncc2ccccc12. The Morgan fingerprint density at radius 1 is 1.11 bits per heavy atom. The van der Waals surface area contributed by atoms with Crippen molar-refractivity contribution in [2.45, 2.75) is 13.0 Å². The lowest BCUT2D eigenvalue weighted by molar-refractivity contribution is 0.221. The maximum Gasteiger partial charge on any atom is 0.107 e. The third-order valence-electron chi connectivity index (χ3n) is 3.18. The molecule has 1 aromatic carbocycles. The van der Waals surface area contributed by atoms with E-state index in [0.717, 1.165) is 27.5 Å². The topological polar surface area (TPSA) is 33.1 Å². The molecule has 3 heteroatoms. The smallest absolute Gasteiger partial charge is 0.107 e. The van der Waals surface area contributed by atoms with Gasteiger partial charge in [-0.1, -0.05) is 24.3 Å². The van der Waals surface area contributed by atoms with Crippen molar-refractivity contribution < 1.29 is 5.11 Å². The van der Waals surface area contributed by atoms with Crippen molar-refractivity contribution in [2.75, 3.05) is 0 Å². The van der Waals surface area contributed by atoms with Crippen LogP contribution in [0.1, 0.15) is 22.8 Å². The number of nitrogens with zero attached hydrogens (tertiary/aromatic N) is 1. The normalized spacial score (nSPS) is 12.8.